The highest BCUT2D eigenvalue weighted by atomic mass is 19.4. The number of alkyl halides is 3. The smallest absolute Gasteiger partial charge is 0.346 e. The molecule has 0 bridgehead atoms. The predicted octanol–water partition coefficient (Wildman–Crippen LogP) is 4.31. The highest BCUT2D eigenvalue weighted by Gasteiger charge is 2.33. The molecule has 128 valence electrons. The summed E-state index contributed by atoms with van der Waals surface area (Å²) in [5.41, 5.74) is 1.39. The number of hydrogen-bond donors (Lipinski definition) is 1. The average molecular weight is 353 g/mol. The fourth-order valence-electron chi connectivity index (χ4n) is 2.83. The van der Waals surface area contributed by atoms with Crippen LogP contribution in [0, 0.1) is 11.3 Å². The first kappa shape index (κ1) is 15.9. The van der Waals surface area contributed by atoms with Gasteiger partial charge in [-0.25, -0.2) is 9.67 Å². The Labute approximate surface area is 145 Å². The lowest BCUT2D eigenvalue weighted by atomic mass is 10.1. The highest BCUT2D eigenvalue weighted by Crippen LogP contribution is 2.33. The average Bonchev–Trinajstić information content (AvgIpc) is 3.29. The van der Waals surface area contributed by atoms with Gasteiger partial charge in [0.05, 0.1) is 29.1 Å². The van der Waals surface area contributed by atoms with Crippen molar-refractivity contribution in [1.82, 2.24) is 19.7 Å². The summed E-state index contributed by atoms with van der Waals surface area (Å²) in [6.07, 6.45) is 2.19. The lowest BCUT2D eigenvalue weighted by Crippen LogP contribution is -2.08. The van der Waals surface area contributed by atoms with Gasteiger partial charge in [0.2, 0.25) is 0 Å². The number of aromatic amines is 1. The SMILES string of the molecule is N#Cc1cc(-n2cc(-c3ccnc4[nH]ccc34)cn2)ccc1C(F)(F)F. The lowest BCUT2D eigenvalue weighted by molar-refractivity contribution is -0.137. The molecule has 8 heteroatoms. The summed E-state index contributed by atoms with van der Waals surface area (Å²) >= 11 is 0. The van der Waals surface area contributed by atoms with E-state index in [2.05, 4.69) is 15.1 Å². The van der Waals surface area contributed by atoms with Crippen LogP contribution in [0.25, 0.3) is 27.8 Å². The maximum atomic E-state index is 12.9. The number of hydrogen-bond acceptors (Lipinski definition) is 3. The Morgan fingerprint density at radius 1 is 1.15 bits per heavy atom. The first-order chi connectivity index (χ1) is 12.5. The van der Waals surface area contributed by atoms with Crippen LogP contribution < -0.4 is 0 Å². The summed E-state index contributed by atoms with van der Waals surface area (Å²) in [5.74, 6) is 0. The van der Waals surface area contributed by atoms with E-state index >= 15 is 0 Å². The minimum absolute atomic E-state index is 0.375. The van der Waals surface area contributed by atoms with Crippen LogP contribution in [0.2, 0.25) is 0 Å². The molecule has 4 rings (SSSR count). The van der Waals surface area contributed by atoms with Crippen molar-refractivity contribution < 1.29 is 13.2 Å². The Morgan fingerprint density at radius 2 is 2.00 bits per heavy atom. The number of H-pyrrole nitrogens is 1. The van der Waals surface area contributed by atoms with Crippen LogP contribution in [0.3, 0.4) is 0 Å². The van der Waals surface area contributed by atoms with E-state index in [9.17, 15) is 13.2 Å². The molecular formula is C18H10F3N5. The van der Waals surface area contributed by atoms with Crippen molar-refractivity contribution in [2.45, 2.75) is 6.18 Å². The van der Waals surface area contributed by atoms with Gasteiger partial charge in [0.15, 0.2) is 0 Å². The number of nitrogens with one attached hydrogen (secondary N) is 1. The number of nitrogens with zero attached hydrogens (tertiary/aromatic N) is 4. The molecule has 3 heterocycles. The molecule has 0 aliphatic carbocycles. The number of nitriles is 1. The minimum Gasteiger partial charge on any atom is -0.346 e. The van der Waals surface area contributed by atoms with E-state index in [0.29, 0.717) is 5.69 Å². The van der Waals surface area contributed by atoms with Crippen molar-refractivity contribution in [3.8, 4) is 22.9 Å². The van der Waals surface area contributed by atoms with Crippen molar-refractivity contribution in [2.24, 2.45) is 0 Å². The molecule has 4 aromatic rings. The zero-order valence-electron chi connectivity index (χ0n) is 13.1. The van der Waals surface area contributed by atoms with Crippen molar-refractivity contribution in [2.75, 3.05) is 0 Å². The predicted molar refractivity (Wildman–Crippen MR) is 88.4 cm³/mol. The molecule has 26 heavy (non-hydrogen) atoms. The van der Waals surface area contributed by atoms with E-state index < -0.39 is 17.3 Å². The third-order valence-corrected chi connectivity index (χ3v) is 4.05. The summed E-state index contributed by atoms with van der Waals surface area (Å²) < 4.78 is 40.2. The maximum absolute atomic E-state index is 12.9. The molecule has 0 spiro atoms. The molecular weight excluding hydrogens is 343 g/mol. The third-order valence-electron chi connectivity index (χ3n) is 4.05. The van der Waals surface area contributed by atoms with E-state index in [1.165, 1.54) is 16.8 Å². The second-order valence-corrected chi connectivity index (χ2v) is 5.61. The summed E-state index contributed by atoms with van der Waals surface area (Å²) in [6, 6.07) is 8.69. The van der Waals surface area contributed by atoms with Gasteiger partial charge in [0.1, 0.15) is 5.65 Å². The van der Waals surface area contributed by atoms with Crippen LogP contribution in [0.4, 0.5) is 13.2 Å². The summed E-state index contributed by atoms with van der Waals surface area (Å²) in [7, 11) is 0. The quantitative estimate of drug-likeness (QED) is 0.584. The van der Waals surface area contributed by atoms with Gasteiger partial charge >= 0.3 is 6.18 Å². The fraction of sp³-hybridized carbons (Fsp3) is 0.0556. The van der Waals surface area contributed by atoms with Gasteiger partial charge < -0.3 is 4.98 Å². The first-order valence-corrected chi connectivity index (χ1v) is 7.56. The first-order valence-electron chi connectivity index (χ1n) is 7.56. The molecule has 0 fully saturated rings. The second-order valence-electron chi connectivity index (χ2n) is 5.61. The largest absolute Gasteiger partial charge is 0.417 e. The van der Waals surface area contributed by atoms with Gasteiger partial charge in [-0.15, -0.1) is 0 Å². The van der Waals surface area contributed by atoms with Crippen molar-refractivity contribution >= 4 is 11.0 Å². The number of pyridine rings is 1. The Balaban J connectivity index is 1.77. The molecule has 0 amide bonds. The molecule has 0 saturated carbocycles. The third kappa shape index (κ3) is 2.59. The number of aromatic nitrogens is 4. The zero-order chi connectivity index (χ0) is 18.3. The van der Waals surface area contributed by atoms with E-state index in [0.717, 1.165) is 28.2 Å². The second kappa shape index (κ2) is 5.74. The topological polar surface area (TPSA) is 70.3 Å². The normalized spacial score (nSPS) is 11.6. The van der Waals surface area contributed by atoms with E-state index in [1.807, 2.05) is 12.1 Å². The van der Waals surface area contributed by atoms with Gasteiger partial charge in [-0.2, -0.15) is 23.5 Å². The van der Waals surface area contributed by atoms with Crippen LogP contribution in [0.5, 0.6) is 0 Å². The molecule has 0 unspecified atom stereocenters. The molecule has 1 aromatic carbocycles. The Hall–Kier alpha value is -3.60. The van der Waals surface area contributed by atoms with Crippen LogP contribution in [-0.2, 0) is 6.18 Å². The van der Waals surface area contributed by atoms with E-state index in [1.54, 1.807) is 30.9 Å². The molecule has 0 saturated heterocycles. The van der Waals surface area contributed by atoms with Crippen LogP contribution in [0.15, 0.2) is 55.1 Å². The molecule has 0 radical (unpaired) electrons. The summed E-state index contributed by atoms with van der Waals surface area (Å²) in [4.78, 5) is 7.25. The Kier molecular flexibility index (Phi) is 3.51. The summed E-state index contributed by atoms with van der Waals surface area (Å²) in [5, 5.41) is 14.2. The molecule has 5 nitrogen and oxygen atoms in total. The van der Waals surface area contributed by atoms with Gasteiger partial charge in [-0.3, -0.25) is 0 Å². The minimum atomic E-state index is -4.57. The monoisotopic (exact) mass is 353 g/mol. The number of fused-ring (bicyclic) bond motifs is 1. The number of rotatable bonds is 2. The van der Waals surface area contributed by atoms with E-state index in [4.69, 9.17) is 5.26 Å². The van der Waals surface area contributed by atoms with Crippen molar-refractivity contribution in [3.05, 3.63) is 66.2 Å². The molecule has 0 aliphatic heterocycles. The Bertz CT molecular complexity index is 1150. The van der Waals surface area contributed by atoms with E-state index in [-0.39, 0.29) is 0 Å². The lowest BCUT2D eigenvalue weighted by Gasteiger charge is -2.10. The fourth-order valence-corrected chi connectivity index (χ4v) is 2.83. The standard InChI is InChI=1S/C18H10F3N5/c19-18(20,21)16-2-1-13(7-11(16)8-22)26-10-12(9-25-26)14-3-5-23-17-15(14)4-6-24-17/h1-7,9-10H,(H,23,24). The highest BCUT2D eigenvalue weighted by molar-refractivity contribution is 5.92. The van der Waals surface area contributed by atoms with Gasteiger partial charge in [-0.1, -0.05) is 0 Å². The molecule has 0 aliphatic rings. The van der Waals surface area contributed by atoms with Crippen LogP contribution in [-0.4, -0.2) is 19.7 Å². The van der Waals surface area contributed by atoms with Crippen LogP contribution >= 0.6 is 0 Å². The molecule has 1 N–H and O–H groups in total. The van der Waals surface area contributed by atoms with Gasteiger partial charge in [0.25, 0.3) is 0 Å². The molecule has 0 atom stereocenters. The van der Waals surface area contributed by atoms with Crippen molar-refractivity contribution in [3.63, 3.8) is 0 Å². The summed E-state index contributed by atoms with van der Waals surface area (Å²) in [6.45, 7) is 0. The number of halogens is 3. The van der Waals surface area contributed by atoms with Gasteiger partial charge in [-0.05, 0) is 35.9 Å². The zero-order valence-corrected chi connectivity index (χ0v) is 13.1. The van der Waals surface area contributed by atoms with Crippen LogP contribution in [0.1, 0.15) is 11.1 Å². The van der Waals surface area contributed by atoms with Crippen molar-refractivity contribution in [1.29, 1.82) is 5.26 Å². The van der Waals surface area contributed by atoms with Gasteiger partial charge in [0, 0.05) is 29.5 Å². The number of benzene rings is 1. The Morgan fingerprint density at radius 3 is 2.77 bits per heavy atom. The molecule has 3 aromatic heterocycles. The maximum Gasteiger partial charge on any atom is 0.417 e.